The fraction of sp³-hybridized carbons (Fsp3) is 0.333. The summed E-state index contributed by atoms with van der Waals surface area (Å²) in [6.45, 7) is 0.222. The maximum absolute atomic E-state index is 12.9. The van der Waals surface area contributed by atoms with Crippen LogP contribution < -0.4 is 15.4 Å². The number of benzene rings is 2. The Morgan fingerprint density at radius 1 is 1.06 bits per heavy atom. The van der Waals surface area contributed by atoms with Gasteiger partial charge in [-0.05, 0) is 36.2 Å². The molecule has 0 heterocycles. The predicted octanol–water partition coefficient (Wildman–Crippen LogP) is 2.05. The van der Waals surface area contributed by atoms with Gasteiger partial charge in [-0.15, -0.1) is 0 Å². The van der Waals surface area contributed by atoms with Crippen LogP contribution in [0.2, 0.25) is 0 Å². The van der Waals surface area contributed by atoms with Crippen LogP contribution in [0.1, 0.15) is 12.0 Å². The van der Waals surface area contributed by atoms with Crippen molar-refractivity contribution in [3.05, 3.63) is 66.0 Å². The lowest BCUT2D eigenvalue weighted by atomic mass is 10.2. The predicted molar refractivity (Wildman–Crippen MR) is 113 cm³/mol. The number of amides is 2. The topological polar surface area (TPSA) is 111 Å². The van der Waals surface area contributed by atoms with Crippen LogP contribution in [-0.4, -0.2) is 51.6 Å². The molecule has 0 bridgehead atoms. The van der Waals surface area contributed by atoms with Crippen LogP contribution in [0.3, 0.4) is 0 Å². The van der Waals surface area contributed by atoms with Crippen molar-refractivity contribution in [3.63, 3.8) is 0 Å². The van der Waals surface area contributed by atoms with Gasteiger partial charge in [0.1, 0.15) is 40.7 Å². The summed E-state index contributed by atoms with van der Waals surface area (Å²) in [6, 6.07) is 13.3. The van der Waals surface area contributed by atoms with E-state index in [0.717, 1.165) is 11.8 Å². The van der Waals surface area contributed by atoms with Crippen molar-refractivity contribution >= 4 is 21.8 Å². The van der Waals surface area contributed by atoms with Crippen LogP contribution in [0.25, 0.3) is 0 Å². The average Bonchev–Trinajstić information content (AvgIpc) is 2.74. The van der Waals surface area contributed by atoms with Crippen LogP contribution in [-0.2, 0) is 26.0 Å². The summed E-state index contributed by atoms with van der Waals surface area (Å²) in [5.74, 6) is -0.801. The number of sulfone groups is 1. The van der Waals surface area contributed by atoms with Crippen LogP contribution in [0, 0.1) is 5.82 Å². The molecule has 2 aromatic rings. The third kappa shape index (κ3) is 9.94. The number of hydrogen-bond donors (Lipinski definition) is 2. The SMILES string of the molecule is CS(=O)(=O)CCC(NC(=O)OCc1ccccc1)C(=O)NCCOc1ccc(F)cc1. The first-order valence-corrected chi connectivity index (χ1v) is 11.6. The first kappa shape index (κ1) is 24.1. The second kappa shape index (κ2) is 11.9. The molecule has 2 N–H and O–H groups in total. The number of halogens is 1. The molecule has 1 unspecified atom stereocenters. The van der Waals surface area contributed by atoms with Gasteiger partial charge in [0.05, 0.1) is 12.3 Å². The summed E-state index contributed by atoms with van der Waals surface area (Å²) >= 11 is 0. The zero-order valence-electron chi connectivity index (χ0n) is 17.0. The Morgan fingerprint density at radius 2 is 1.74 bits per heavy atom. The molecule has 2 aromatic carbocycles. The van der Waals surface area contributed by atoms with Crippen LogP contribution in [0.5, 0.6) is 5.75 Å². The molecule has 0 radical (unpaired) electrons. The Labute approximate surface area is 180 Å². The van der Waals surface area contributed by atoms with Gasteiger partial charge in [0.15, 0.2) is 0 Å². The number of rotatable bonds is 11. The number of hydrogen-bond acceptors (Lipinski definition) is 6. The molecular weight excluding hydrogens is 427 g/mol. The molecule has 10 heteroatoms. The Bertz CT molecular complexity index is 952. The number of carbonyl (C=O) groups excluding carboxylic acids is 2. The highest BCUT2D eigenvalue weighted by Gasteiger charge is 2.23. The number of nitrogens with one attached hydrogen (secondary N) is 2. The first-order chi connectivity index (χ1) is 14.7. The van der Waals surface area contributed by atoms with E-state index in [4.69, 9.17) is 9.47 Å². The fourth-order valence-electron chi connectivity index (χ4n) is 2.50. The van der Waals surface area contributed by atoms with E-state index >= 15 is 0 Å². The van der Waals surface area contributed by atoms with Gasteiger partial charge in [-0.1, -0.05) is 30.3 Å². The summed E-state index contributed by atoms with van der Waals surface area (Å²) in [6.07, 6.45) is 0.107. The van der Waals surface area contributed by atoms with Crippen molar-refractivity contribution in [1.82, 2.24) is 10.6 Å². The van der Waals surface area contributed by atoms with Gasteiger partial charge >= 0.3 is 6.09 Å². The smallest absolute Gasteiger partial charge is 0.408 e. The monoisotopic (exact) mass is 452 g/mol. The van der Waals surface area contributed by atoms with E-state index in [1.54, 1.807) is 24.3 Å². The van der Waals surface area contributed by atoms with Crippen molar-refractivity contribution < 1.29 is 31.9 Å². The normalized spacial score (nSPS) is 11.9. The Morgan fingerprint density at radius 3 is 2.39 bits per heavy atom. The lowest BCUT2D eigenvalue weighted by Crippen LogP contribution is -2.48. The van der Waals surface area contributed by atoms with Crippen molar-refractivity contribution in [1.29, 1.82) is 0 Å². The van der Waals surface area contributed by atoms with Crippen LogP contribution >= 0.6 is 0 Å². The molecular formula is C21H25FN2O6S. The van der Waals surface area contributed by atoms with E-state index in [2.05, 4.69) is 10.6 Å². The molecule has 0 saturated heterocycles. The molecule has 2 rings (SSSR count). The second-order valence-electron chi connectivity index (χ2n) is 6.77. The van der Waals surface area contributed by atoms with Crippen molar-refractivity contribution in [2.24, 2.45) is 0 Å². The van der Waals surface area contributed by atoms with E-state index in [0.29, 0.717) is 5.75 Å². The molecule has 2 amide bonds. The highest BCUT2D eigenvalue weighted by molar-refractivity contribution is 7.90. The Kier molecular flexibility index (Phi) is 9.26. The van der Waals surface area contributed by atoms with Gasteiger partial charge in [-0.3, -0.25) is 4.79 Å². The highest BCUT2D eigenvalue weighted by Crippen LogP contribution is 2.10. The standard InChI is InChI=1S/C21H25FN2O6S/c1-31(27,28)14-11-19(24-21(26)30-15-16-5-3-2-4-6-16)20(25)23-12-13-29-18-9-7-17(22)8-10-18/h2-10,19H,11-15H2,1H3,(H,23,25)(H,24,26). The second-order valence-corrected chi connectivity index (χ2v) is 9.03. The van der Waals surface area contributed by atoms with E-state index in [9.17, 15) is 22.4 Å². The lowest BCUT2D eigenvalue weighted by molar-refractivity contribution is -0.123. The lowest BCUT2D eigenvalue weighted by Gasteiger charge is -2.18. The first-order valence-electron chi connectivity index (χ1n) is 9.54. The molecule has 0 saturated carbocycles. The minimum absolute atomic E-state index is 0.0125. The molecule has 0 aliphatic rings. The largest absolute Gasteiger partial charge is 0.492 e. The number of alkyl carbamates (subject to hydrolysis) is 1. The van der Waals surface area contributed by atoms with Crippen LogP contribution in [0.15, 0.2) is 54.6 Å². The minimum Gasteiger partial charge on any atom is -0.492 e. The van der Waals surface area contributed by atoms with Crippen molar-refractivity contribution in [2.45, 2.75) is 19.1 Å². The van der Waals surface area contributed by atoms with Gasteiger partial charge in [-0.25, -0.2) is 17.6 Å². The number of ether oxygens (including phenoxy) is 2. The molecule has 0 fully saturated rings. The van der Waals surface area contributed by atoms with E-state index in [1.807, 2.05) is 6.07 Å². The molecule has 31 heavy (non-hydrogen) atoms. The van der Waals surface area contributed by atoms with Gasteiger partial charge in [0.25, 0.3) is 0 Å². The summed E-state index contributed by atoms with van der Waals surface area (Å²) in [4.78, 5) is 24.5. The molecule has 168 valence electrons. The number of carbonyl (C=O) groups is 2. The van der Waals surface area contributed by atoms with E-state index in [1.165, 1.54) is 24.3 Å². The summed E-state index contributed by atoms with van der Waals surface area (Å²) < 4.78 is 46.3. The molecule has 8 nitrogen and oxygen atoms in total. The van der Waals surface area contributed by atoms with Gasteiger partial charge in [0.2, 0.25) is 5.91 Å². The molecule has 0 aliphatic heterocycles. The molecule has 0 spiro atoms. The zero-order valence-corrected chi connectivity index (χ0v) is 17.9. The summed E-state index contributed by atoms with van der Waals surface area (Å²) in [5.41, 5.74) is 0.771. The Hall–Kier alpha value is -3.14. The third-order valence-electron chi connectivity index (χ3n) is 4.08. The van der Waals surface area contributed by atoms with Crippen molar-refractivity contribution in [3.8, 4) is 5.75 Å². The third-order valence-corrected chi connectivity index (χ3v) is 5.06. The fourth-order valence-corrected chi connectivity index (χ4v) is 3.17. The maximum Gasteiger partial charge on any atom is 0.408 e. The van der Waals surface area contributed by atoms with E-state index < -0.39 is 27.9 Å². The maximum atomic E-state index is 12.9. The van der Waals surface area contributed by atoms with E-state index in [-0.39, 0.29) is 37.7 Å². The minimum atomic E-state index is -3.34. The molecule has 0 aliphatic carbocycles. The average molecular weight is 453 g/mol. The quantitative estimate of drug-likeness (QED) is 0.505. The van der Waals surface area contributed by atoms with Gasteiger partial charge in [0, 0.05) is 6.26 Å². The summed E-state index contributed by atoms with van der Waals surface area (Å²) in [5, 5.41) is 4.98. The van der Waals surface area contributed by atoms with Gasteiger partial charge < -0.3 is 20.1 Å². The highest BCUT2D eigenvalue weighted by atomic mass is 32.2. The zero-order chi connectivity index (χ0) is 22.7. The van der Waals surface area contributed by atoms with Crippen molar-refractivity contribution in [2.75, 3.05) is 25.2 Å². The van der Waals surface area contributed by atoms with Gasteiger partial charge in [-0.2, -0.15) is 0 Å². The summed E-state index contributed by atoms with van der Waals surface area (Å²) in [7, 11) is -3.34. The Balaban J connectivity index is 1.84. The van der Waals surface area contributed by atoms with Crippen LogP contribution in [0.4, 0.5) is 9.18 Å². The molecule has 1 atom stereocenters. The molecule has 0 aromatic heterocycles.